The second-order valence-electron chi connectivity index (χ2n) is 7.80. The zero-order valence-electron chi connectivity index (χ0n) is 18.0. The van der Waals surface area contributed by atoms with E-state index < -0.39 is 6.04 Å². The molecule has 29 heavy (non-hydrogen) atoms. The van der Waals surface area contributed by atoms with E-state index in [1.807, 2.05) is 39.8 Å². The topological polar surface area (TPSA) is 73.5 Å². The quantitative estimate of drug-likeness (QED) is 0.594. The molecule has 7 heteroatoms. The maximum atomic E-state index is 13.0. The van der Waals surface area contributed by atoms with Crippen LogP contribution in [0.25, 0.3) is 0 Å². The lowest BCUT2D eigenvalue weighted by molar-refractivity contribution is -0.125. The summed E-state index contributed by atoms with van der Waals surface area (Å²) in [5.74, 6) is -0.235. The van der Waals surface area contributed by atoms with Crippen LogP contribution in [-0.4, -0.2) is 53.5 Å². The van der Waals surface area contributed by atoms with E-state index in [4.69, 9.17) is 12.2 Å². The lowest BCUT2D eigenvalue weighted by Crippen LogP contribution is -2.55. The van der Waals surface area contributed by atoms with Gasteiger partial charge in [0.25, 0.3) is 5.91 Å². The molecule has 0 aliphatic carbocycles. The van der Waals surface area contributed by atoms with Crippen LogP contribution in [0.3, 0.4) is 0 Å². The first-order valence-electron chi connectivity index (χ1n) is 10.6. The molecule has 1 aliphatic heterocycles. The van der Waals surface area contributed by atoms with Gasteiger partial charge in [0.05, 0.1) is 0 Å². The SMILES string of the molecule is CCNC(=S)N1CCC([C@@H](NC(=O)c2ccc(C)cc2)C(=O)N[C@@H](C)CC)CC1. The summed E-state index contributed by atoms with van der Waals surface area (Å²) in [5.41, 5.74) is 1.67. The van der Waals surface area contributed by atoms with Gasteiger partial charge in [-0.15, -0.1) is 0 Å². The lowest BCUT2D eigenvalue weighted by atomic mass is 9.88. The largest absolute Gasteiger partial charge is 0.363 e. The Labute approximate surface area is 179 Å². The number of carbonyl (C=O) groups is 2. The number of hydrogen-bond donors (Lipinski definition) is 3. The molecule has 2 amide bonds. The number of nitrogens with zero attached hydrogens (tertiary/aromatic N) is 1. The molecule has 1 heterocycles. The predicted octanol–water partition coefficient (Wildman–Crippen LogP) is 2.61. The summed E-state index contributed by atoms with van der Waals surface area (Å²) in [5, 5.41) is 9.99. The second-order valence-corrected chi connectivity index (χ2v) is 8.18. The number of likely N-dealkylation sites (tertiary alicyclic amines) is 1. The van der Waals surface area contributed by atoms with Crippen LogP contribution < -0.4 is 16.0 Å². The van der Waals surface area contributed by atoms with Crippen molar-refractivity contribution in [1.29, 1.82) is 0 Å². The Bertz CT molecular complexity index is 699. The molecule has 1 fully saturated rings. The zero-order valence-corrected chi connectivity index (χ0v) is 18.8. The summed E-state index contributed by atoms with van der Waals surface area (Å²) in [6, 6.07) is 6.93. The summed E-state index contributed by atoms with van der Waals surface area (Å²) in [6.45, 7) is 10.4. The predicted molar refractivity (Wildman–Crippen MR) is 121 cm³/mol. The molecule has 6 nitrogen and oxygen atoms in total. The van der Waals surface area contributed by atoms with Gasteiger partial charge in [0, 0.05) is 31.2 Å². The first-order chi connectivity index (χ1) is 13.8. The highest BCUT2D eigenvalue weighted by molar-refractivity contribution is 7.80. The molecule has 0 spiro atoms. The Morgan fingerprint density at radius 1 is 1.14 bits per heavy atom. The maximum Gasteiger partial charge on any atom is 0.251 e. The monoisotopic (exact) mass is 418 g/mol. The molecule has 0 saturated carbocycles. The smallest absolute Gasteiger partial charge is 0.251 e. The lowest BCUT2D eigenvalue weighted by Gasteiger charge is -2.37. The molecular formula is C22H34N4O2S. The van der Waals surface area contributed by atoms with Gasteiger partial charge >= 0.3 is 0 Å². The normalized spacial score (nSPS) is 16.6. The Balaban J connectivity index is 2.09. The fraction of sp³-hybridized carbons (Fsp3) is 0.591. The van der Waals surface area contributed by atoms with Crippen molar-refractivity contribution >= 4 is 29.1 Å². The molecule has 0 aromatic heterocycles. The number of thiocarbonyl (C=S) groups is 1. The molecule has 1 aromatic rings. The standard InChI is InChI=1S/C22H34N4O2S/c1-5-16(4)24-21(28)19(25-20(27)18-9-7-15(3)8-10-18)17-11-13-26(14-12-17)22(29)23-6-2/h7-10,16-17,19H,5-6,11-14H2,1-4H3,(H,23,29)(H,24,28)(H,25,27)/t16-,19+/m0/s1. The molecule has 0 bridgehead atoms. The van der Waals surface area contributed by atoms with Gasteiger partial charge in [-0.3, -0.25) is 9.59 Å². The first kappa shape index (κ1) is 23.1. The van der Waals surface area contributed by atoms with Crippen molar-refractivity contribution < 1.29 is 9.59 Å². The van der Waals surface area contributed by atoms with Crippen LogP contribution >= 0.6 is 12.2 Å². The molecule has 1 aromatic carbocycles. The first-order valence-corrected chi connectivity index (χ1v) is 11.0. The van der Waals surface area contributed by atoms with E-state index in [9.17, 15) is 9.59 Å². The molecule has 1 saturated heterocycles. The molecule has 160 valence electrons. The highest BCUT2D eigenvalue weighted by Gasteiger charge is 2.33. The highest BCUT2D eigenvalue weighted by atomic mass is 32.1. The Hall–Kier alpha value is -2.15. The van der Waals surface area contributed by atoms with E-state index in [0.717, 1.165) is 49.6 Å². The summed E-state index contributed by atoms with van der Waals surface area (Å²) in [6.07, 6.45) is 2.45. The van der Waals surface area contributed by atoms with Gasteiger partial charge in [0.2, 0.25) is 5.91 Å². The van der Waals surface area contributed by atoms with Crippen molar-refractivity contribution in [3.8, 4) is 0 Å². The second kappa shape index (κ2) is 11.1. The summed E-state index contributed by atoms with van der Waals surface area (Å²) >= 11 is 5.41. The van der Waals surface area contributed by atoms with E-state index in [1.54, 1.807) is 12.1 Å². The van der Waals surface area contributed by atoms with Gasteiger partial charge in [0.1, 0.15) is 6.04 Å². The number of aryl methyl sites for hydroxylation is 1. The van der Waals surface area contributed by atoms with E-state index in [0.29, 0.717) is 5.56 Å². The van der Waals surface area contributed by atoms with Crippen LogP contribution in [0.15, 0.2) is 24.3 Å². The number of carbonyl (C=O) groups excluding carboxylic acids is 2. The number of piperidine rings is 1. The van der Waals surface area contributed by atoms with Gasteiger partial charge in [0.15, 0.2) is 5.11 Å². The summed E-state index contributed by atoms with van der Waals surface area (Å²) < 4.78 is 0. The highest BCUT2D eigenvalue weighted by Crippen LogP contribution is 2.22. The van der Waals surface area contributed by atoms with Crippen molar-refractivity contribution in [3.05, 3.63) is 35.4 Å². The van der Waals surface area contributed by atoms with Crippen LogP contribution in [-0.2, 0) is 4.79 Å². The average molecular weight is 419 g/mol. The van der Waals surface area contributed by atoms with Crippen molar-refractivity contribution in [2.45, 2.75) is 59.0 Å². The van der Waals surface area contributed by atoms with Crippen molar-refractivity contribution in [3.63, 3.8) is 0 Å². The van der Waals surface area contributed by atoms with Crippen LogP contribution in [0.1, 0.15) is 56.0 Å². The van der Waals surface area contributed by atoms with E-state index in [2.05, 4.69) is 20.9 Å². The van der Waals surface area contributed by atoms with E-state index in [-0.39, 0.29) is 23.8 Å². The van der Waals surface area contributed by atoms with Crippen LogP contribution in [0.2, 0.25) is 0 Å². The number of rotatable bonds is 7. The van der Waals surface area contributed by atoms with Gasteiger partial charge < -0.3 is 20.9 Å². The van der Waals surface area contributed by atoms with Crippen LogP contribution in [0.5, 0.6) is 0 Å². The van der Waals surface area contributed by atoms with Gasteiger partial charge in [-0.1, -0.05) is 24.6 Å². The minimum Gasteiger partial charge on any atom is -0.363 e. The third-order valence-electron chi connectivity index (χ3n) is 5.51. The molecule has 0 radical (unpaired) electrons. The van der Waals surface area contributed by atoms with E-state index in [1.165, 1.54) is 0 Å². The van der Waals surface area contributed by atoms with Crippen molar-refractivity contribution in [2.75, 3.05) is 19.6 Å². The Morgan fingerprint density at radius 2 is 1.76 bits per heavy atom. The number of amides is 2. The molecule has 1 aliphatic rings. The minimum absolute atomic E-state index is 0.0719. The third kappa shape index (κ3) is 6.70. The summed E-state index contributed by atoms with van der Waals surface area (Å²) in [4.78, 5) is 27.9. The minimum atomic E-state index is -0.548. The molecule has 3 N–H and O–H groups in total. The Morgan fingerprint density at radius 3 is 2.31 bits per heavy atom. The maximum absolute atomic E-state index is 13.0. The molecule has 2 rings (SSSR count). The third-order valence-corrected chi connectivity index (χ3v) is 5.91. The van der Waals surface area contributed by atoms with Gasteiger partial charge in [-0.2, -0.15) is 0 Å². The van der Waals surface area contributed by atoms with Crippen molar-refractivity contribution in [2.24, 2.45) is 5.92 Å². The number of hydrogen-bond acceptors (Lipinski definition) is 3. The van der Waals surface area contributed by atoms with Gasteiger partial charge in [-0.05, 0) is 70.3 Å². The zero-order chi connectivity index (χ0) is 21.4. The fourth-order valence-corrected chi connectivity index (χ4v) is 3.79. The molecular weight excluding hydrogens is 384 g/mol. The number of benzene rings is 1. The molecule has 2 atom stereocenters. The summed E-state index contributed by atoms with van der Waals surface area (Å²) in [7, 11) is 0. The van der Waals surface area contributed by atoms with Crippen LogP contribution in [0, 0.1) is 12.8 Å². The van der Waals surface area contributed by atoms with Crippen LogP contribution in [0.4, 0.5) is 0 Å². The van der Waals surface area contributed by atoms with E-state index >= 15 is 0 Å². The molecule has 0 unspecified atom stereocenters. The van der Waals surface area contributed by atoms with Gasteiger partial charge in [-0.25, -0.2) is 0 Å². The van der Waals surface area contributed by atoms with Crippen molar-refractivity contribution in [1.82, 2.24) is 20.9 Å². The average Bonchev–Trinajstić information content (AvgIpc) is 2.72. The Kier molecular flexibility index (Phi) is 8.89. The fourth-order valence-electron chi connectivity index (χ4n) is 3.46. The number of nitrogens with one attached hydrogen (secondary N) is 3.